The van der Waals surface area contributed by atoms with E-state index in [4.69, 9.17) is 16.7 Å². The standard InChI is InChI=1S/C16H20ClN3O4/c1-16(2,6-5-13(21)22)19-14(23)10-3-4-11(17)12(9-10)20-8-7-18-15(20)24/h3-4,9H,5-8H2,1-2H3,(H,18,24)(H,19,23)(H,21,22). The van der Waals surface area contributed by atoms with E-state index in [1.54, 1.807) is 32.0 Å². The lowest BCUT2D eigenvalue weighted by molar-refractivity contribution is -0.137. The van der Waals surface area contributed by atoms with Crippen LogP contribution in [0.1, 0.15) is 37.0 Å². The fraction of sp³-hybridized carbons (Fsp3) is 0.438. The number of anilines is 1. The molecule has 8 heteroatoms. The summed E-state index contributed by atoms with van der Waals surface area (Å²) in [5.74, 6) is -1.26. The summed E-state index contributed by atoms with van der Waals surface area (Å²) in [6, 6.07) is 4.45. The number of carbonyl (C=O) groups excluding carboxylic acids is 2. The van der Waals surface area contributed by atoms with Gasteiger partial charge in [-0.05, 0) is 38.5 Å². The van der Waals surface area contributed by atoms with Gasteiger partial charge in [0.05, 0.1) is 10.7 Å². The van der Waals surface area contributed by atoms with Crippen molar-refractivity contribution in [2.24, 2.45) is 0 Å². The van der Waals surface area contributed by atoms with Gasteiger partial charge >= 0.3 is 12.0 Å². The van der Waals surface area contributed by atoms with Crippen molar-refractivity contribution in [1.82, 2.24) is 10.6 Å². The number of hydrogen-bond donors (Lipinski definition) is 3. The highest BCUT2D eigenvalue weighted by Gasteiger charge is 2.26. The smallest absolute Gasteiger partial charge is 0.322 e. The van der Waals surface area contributed by atoms with Crippen LogP contribution in [0.4, 0.5) is 10.5 Å². The number of nitrogens with zero attached hydrogens (tertiary/aromatic N) is 1. The molecule has 0 aromatic heterocycles. The third-order valence-electron chi connectivity index (χ3n) is 3.77. The Morgan fingerprint density at radius 1 is 1.42 bits per heavy atom. The van der Waals surface area contributed by atoms with Crippen LogP contribution in [-0.2, 0) is 4.79 Å². The SMILES string of the molecule is CC(C)(CCC(=O)O)NC(=O)c1ccc(Cl)c(N2CCNC2=O)c1. The molecule has 0 unspecified atom stereocenters. The van der Waals surface area contributed by atoms with Crippen molar-refractivity contribution in [2.75, 3.05) is 18.0 Å². The van der Waals surface area contributed by atoms with Gasteiger partial charge in [0.25, 0.3) is 5.91 Å². The van der Waals surface area contributed by atoms with E-state index in [1.165, 1.54) is 4.90 Å². The zero-order valence-corrected chi connectivity index (χ0v) is 14.3. The number of amides is 3. The summed E-state index contributed by atoms with van der Waals surface area (Å²) in [6.07, 6.45) is 0.274. The molecule has 0 aliphatic carbocycles. The maximum absolute atomic E-state index is 12.4. The van der Waals surface area contributed by atoms with Crippen LogP contribution in [0.3, 0.4) is 0 Å². The average molecular weight is 354 g/mol. The molecule has 1 fully saturated rings. The second kappa shape index (κ2) is 7.09. The number of carboxylic acids is 1. The molecule has 0 saturated carbocycles. The van der Waals surface area contributed by atoms with Gasteiger partial charge in [-0.3, -0.25) is 14.5 Å². The first-order valence-corrected chi connectivity index (χ1v) is 7.97. The molecule has 3 N–H and O–H groups in total. The lowest BCUT2D eigenvalue weighted by atomic mass is 9.97. The van der Waals surface area contributed by atoms with E-state index in [0.717, 1.165) is 0 Å². The van der Waals surface area contributed by atoms with E-state index in [-0.39, 0.29) is 18.4 Å². The Labute approximate surface area is 145 Å². The summed E-state index contributed by atoms with van der Waals surface area (Å²) >= 11 is 6.15. The fourth-order valence-corrected chi connectivity index (χ4v) is 2.64. The summed E-state index contributed by atoms with van der Waals surface area (Å²) < 4.78 is 0. The highest BCUT2D eigenvalue weighted by molar-refractivity contribution is 6.34. The predicted octanol–water partition coefficient (Wildman–Crippen LogP) is 2.24. The van der Waals surface area contributed by atoms with Crippen molar-refractivity contribution in [3.63, 3.8) is 0 Å². The molecule has 0 radical (unpaired) electrons. The number of halogens is 1. The molecule has 0 spiro atoms. The number of urea groups is 1. The molecule has 3 amide bonds. The summed E-state index contributed by atoms with van der Waals surface area (Å²) in [7, 11) is 0. The molecule has 1 heterocycles. The summed E-state index contributed by atoms with van der Waals surface area (Å²) in [6.45, 7) is 4.53. The number of carbonyl (C=O) groups is 3. The van der Waals surface area contributed by atoms with E-state index in [9.17, 15) is 14.4 Å². The lowest BCUT2D eigenvalue weighted by Gasteiger charge is -2.26. The monoisotopic (exact) mass is 353 g/mol. The molecule has 1 aliphatic heterocycles. The molecule has 0 atom stereocenters. The van der Waals surface area contributed by atoms with Crippen LogP contribution in [0.2, 0.25) is 5.02 Å². The van der Waals surface area contributed by atoms with Crippen molar-refractivity contribution < 1.29 is 19.5 Å². The number of rotatable bonds is 6. The van der Waals surface area contributed by atoms with Gasteiger partial charge in [0.2, 0.25) is 0 Å². The Balaban J connectivity index is 2.15. The number of benzene rings is 1. The summed E-state index contributed by atoms with van der Waals surface area (Å²) in [4.78, 5) is 36.4. The number of nitrogens with one attached hydrogen (secondary N) is 2. The number of carboxylic acid groups (broad SMARTS) is 1. The number of aliphatic carboxylic acids is 1. The topological polar surface area (TPSA) is 98.7 Å². The molecule has 1 aromatic carbocycles. The Bertz CT molecular complexity index is 675. The normalized spacial score (nSPS) is 14.5. The van der Waals surface area contributed by atoms with E-state index in [0.29, 0.717) is 35.8 Å². The van der Waals surface area contributed by atoms with Crippen LogP contribution < -0.4 is 15.5 Å². The molecule has 7 nitrogen and oxygen atoms in total. The Morgan fingerprint density at radius 3 is 2.71 bits per heavy atom. The molecule has 130 valence electrons. The highest BCUT2D eigenvalue weighted by atomic mass is 35.5. The van der Waals surface area contributed by atoms with Crippen molar-refractivity contribution in [2.45, 2.75) is 32.2 Å². The molecule has 2 rings (SSSR count). The second-order valence-corrected chi connectivity index (χ2v) is 6.69. The second-order valence-electron chi connectivity index (χ2n) is 6.28. The average Bonchev–Trinajstić information content (AvgIpc) is 2.91. The molecule has 1 aliphatic rings. The zero-order valence-electron chi connectivity index (χ0n) is 13.6. The Hall–Kier alpha value is -2.28. The van der Waals surface area contributed by atoms with Crippen molar-refractivity contribution in [3.8, 4) is 0 Å². The van der Waals surface area contributed by atoms with Gasteiger partial charge in [0.15, 0.2) is 0 Å². The minimum Gasteiger partial charge on any atom is -0.481 e. The van der Waals surface area contributed by atoms with Crippen molar-refractivity contribution in [1.29, 1.82) is 0 Å². The first-order valence-electron chi connectivity index (χ1n) is 7.59. The molecular weight excluding hydrogens is 334 g/mol. The van der Waals surface area contributed by atoms with Crippen LogP contribution in [0.25, 0.3) is 0 Å². The fourth-order valence-electron chi connectivity index (χ4n) is 2.42. The van der Waals surface area contributed by atoms with Gasteiger partial charge in [-0.1, -0.05) is 11.6 Å². The van der Waals surface area contributed by atoms with Gasteiger partial charge in [-0.25, -0.2) is 4.79 Å². The Kier molecular flexibility index (Phi) is 5.33. The minimum atomic E-state index is -0.911. The molecular formula is C16H20ClN3O4. The van der Waals surface area contributed by atoms with Gasteiger partial charge < -0.3 is 15.7 Å². The quantitative estimate of drug-likeness (QED) is 0.730. The summed E-state index contributed by atoms with van der Waals surface area (Å²) in [5.41, 5.74) is 0.167. The number of hydrogen-bond acceptors (Lipinski definition) is 3. The summed E-state index contributed by atoms with van der Waals surface area (Å²) in [5, 5.41) is 14.6. The molecule has 1 saturated heterocycles. The van der Waals surface area contributed by atoms with E-state index in [1.807, 2.05) is 0 Å². The van der Waals surface area contributed by atoms with E-state index in [2.05, 4.69) is 10.6 Å². The maximum Gasteiger partial charge on any atom is 0.322 e. The van der Waals surface area contributed by atoms with Crippen LogP contribution in [-0.4, -0.2) is 41.6 Å². The van der Waals surface area contributed by atoms with Crippen LogP contribution in [0, 0.1) is 0 Å². The third-order valence-corrected chi connectivity index (χ3v) is 4.09. The van der Waals surface area contributed by atoms with Crippen LogP contribution >= 0.6 is 11.6 Å². The minimum absolute atomic E-state index is 0.0346. The Morgan fingerprint density at radius 2 is 2.12 bits per heavy atom. The van der Waals surface area contributed by atoms with Gasteiger partial charge in [0.1, 0.15) is 0 Å². The van der Waals surface area contributed by atoms with E-state index < -0.39 is 11.5 Å². The molecule has 24 heavy (non-hydrogen) atoms. The lowest BCUT2D eigenvalue weighted by Crippen LogP contribution is -2.43. The first kappa shape index (κ1) is 18.1. The maximum atomic E-state index is 12.4. The third kappa shape index (κ3) is 4.38. The predicted molar refractivity (Wildman–Crippen MR) is 90.6 cm³/mol. The van der Waals surface area contributed by atoms with Gasteiger partial charge in [0, 0.05) is 30.6 Å². The van der Waals surface area contributed by atoms with Gasteiger partial charge in [-0.2, -0.15) is 0 Å². The van der Waals surface area contributed by atoms with Crippen molar-refractivity contribution in [3.05, 3.63) is 28.8 Å². The molecule has 0 bridgehead atoms. The van der Waals surface area contributed by atoms with Gasteiger partial charge in [-0.15, -0.1) is 0 Å². The zero-order chi connectivity index (χ0) is 17.9. The molecule has 1 aromatic rings. The first-order chi connectivity index (χ1) is 11.2. The van der Waals surface area contributed by atoms with Crippen molar-refractivity contribution >= 4 is 35.2 Å². The van der Waals surface area contributed by atoms with Crippen LogP contribution in [0.15, 0.2) is 18.2 Å². The largest absolute Gasteiger partial charge is 0.481 e. The van der Waals surface area contributed by atoms with E-state index >= 15 is 0 Å². The van der Waals surface area contributed by atoms with Crippen LogP contribution in [0.5, 0.6) is 0 Å². The highest BCUT2D eigenvalue weighted by Crippen LogP contribution is 2.28.